The van der Waals surface area contributed by atoms with Crippen molar-refractivity contribution in [2.75, 3.05) is 53.5 Å². The Morgan fingerprint density at radius 1 is 1.03 bits per heavy atom. The highest BCUT2D eigenvalue weighted by Crippen LogP contribution is 2.38. The third-order valence-corrected chi connectivity index (χ3v) is 7.01. The van der Waals surface area contributed by atoms with E-state index in [0.717, 1.165) is 41.3 Å². The van der Waals surface area contributed by atoms with Gasteiger partial charge >= 0.3 is 0 Å². The molecule has 2 amide bonds. The number of hydrogen-bond donors (Lipinski definition) is 0. The Bertz CT molecular complexity index is 910. The molecule has 0 spiro atoms. The normalized spacial score (nSPS) is 19.5. The van der Waals surface area contributed by atoms with E-state index in [9.17, 15) is 9.59 Å². The highest BCUT2D eigenvalue weighted by atomic mass is 32.1. The van der Waals surface area contributed by atoms with E-state index in [1.807, 2.05) is 45.5 Å². The number of likely N-dealkylation sites (tertiary alicyclic amines) is 1. The van der Waals surface area contributed by atoms with Crippen molar-refractivity contribution >= 4 is 23.2 Å². The molecule has 0 bridgehead atoms. The fourth-order valence-electron chi connectivity index (χ4n) is 4.45. The van der Waals surface area contributed by atoms with Crippen LogP contribution < -0.4 is 9.47 Å². The summed E-state index contributed by atoms with van der Waals surface area (Å²) in [6.45, 7) is 3.61. The Morgan fingerprint density at radius 2 is 1.81 bits per heavy atom. The molecule has 7 nitrogen and oxygen atoms in total. The van der Waals surface area contributed by atoms with Gasteiger partial charge in [-0.1, -0.05) is 12.1 Å². The van der Waals surface area contributed by atoms with Crippen LogP contribution in [-0.4, -0.2) is 80.0 Å². The molecular weight excluding hydrogens is 414 g/mol. The zero-order chi connectivity index (χ0) is 21.8. The number of hydrogen-bond acceptors (Lipinski definition) is 6. The van der Waals surface area contributed by atoms with Crippen LogP contribution in [0.1, 0.15) is 34.1 Å². The molecule has 0 unspecified atom stereocenters. The highest BCUT2D eigenvalue weighted by molar-refractivity contribution is 7.12. The van der Waals surface area contributed by atoms with E-state index in [1.165, 1.54) is 11.3 Å². The van der Waals surface area contributed by atoms with Crippen molar-refractivity contribution in [3.05, 3.63) is 46.2 Å². The fraction of sp³-hybridized carbons (Fsp3) is 0.478. The van der Waals surface area contributed by atoms with Crippen molar-refractivity contribution < 1.29 is 19.1 Å². The largest absolute Gasteiger partial charge is 0.497 e. The number of nitrogens with zero attached hydrogens (tertiary/aromatic N) is 3. The predicted molar refractivity (Wildman–Crippen MR) is 120 cm³/mol. The molecule has 0 saturated carbocycles. The number of thiophene rings is 1. The lowest BCUT2D eigenvalue weighted by atomic mass is 10.0. The van der Waals surface area contributed by atoms with Crippen LogP contribution in [0, 0.1) is 0 Å². The Balaban J connectivity index is 1.36. The van der Waals surface area contributed by atoms with Crippen molar-refractivity contribution in [1.29, 1.82) is 0 Å². The minimum atomic E-state index is 0.0632. The zero-order valence-electron chi connectivity index (χ0n) is 18.1. The molecule has 8 heteroatoms. The van der Waals surface area contributed by atoms with Gasteiger partial charge in [-0.05, 0) is 36.9 Å². The molecule has 166 valence electrons. The molecule has 2 aromatic rings. The van der Waals surface area contributed by atoms with E-state index in [4.69, 9.17) is 9.47 Å². The highest BCUT2D eigenvalue weighted by Gasteiger charge is 2.32. The molecule has 0 radical (unpaired) electrons. The van der Waals surface area contributed by atoms with Crippen molar-refractivity contribution in [3.63, 3.8) is 0 Å². The van der Waals surface area contributed by atoms with Gasteiger partial charge in [0.15, 0.2) is 0 Å². The molecule has 31 heavy (non-hydrogen) atoms. The van der Waals surface area contributed by atoms with Gasteiger partial charge in [0.1, 0.15) is 11.5 Å². The van der Waals surface area contributed by atoms with Crippen LogP contribution in [0.15, 0.2) is 35.7 Å². The average molecular weight is 444 g/mol. The summed E-state index contributed by atoms with van der Waals surface area (Å²) in [5, 5.41) is 1.91. The fourth-order valence-corrected chi connectivity index (χ4v) is 5.14. The van der Waals surface area contributed by atoms with E-state index in [-0.39, 0.29) is 17.9 Å². The summed E-state index contributed by atoms with van der Waals surface area (Å²) in [5.74, 6) is 1.75. The smallest absolute Gasteiger partial charge is 0.264 e. The van der Waals surface area contributed by atoms with Crippen LogP contribution in [-0.2, 0) is 4.79 Å². The summed E-state index contributed by atoms with van der Waals surface area (Å²) in [4.78, 5) is 32.3. The summed E-state index contributed by atoms with van der Waals surface area (Å²) in [7, 11) is 3.31. The van der Waals surface area contributed by atoms with Crippen molar-refractivity contribution in [3.8, 4) is 11.5 Å². The molecule has 4 rings (SSSR count). The number of piperazine rings is 1. The standard InChI is InChI=1S/C23H29N3O4S/c1-29-17-7-8-18(20(15-17)30-2)19-5-3-9-26(19)16-22(27)24-10-12-25(13-11-24)23(28)21-6-4-14-31-21/h4,6-8,14-15,19H,3,5,9-13,16H2,1-2H3/t19-/m1/s1. The maximum absolute atomic E-state index is 13.0. The van der Waals surface area contributed by atoms with Gasteiger partial charge in [0.05, 0.1) is 25.6 Å². The van der Waals surface area contributed by atoms with Crippen LogP contribution in [0.5, 0.6) is 11.5 Å². The number of amides is 2. The minimum Gasteiger partial charge on any atom is -0.497 e. The maximum Gasteiger partial charge on any atom is 0.264 e. The van der Waals surface area contributed by atoms with Crippen molar-refractivity contribution in [1.82, 2.24) is 14.7 Å². The van der Waals surface area contributed by atoms with Gasteiger partial charge in [0.2, 0.25) is 5.91 Å². The minimum absolute atomic E-state index is 0.0632. The van der Waals surface area contributed by atoms with Gasteiger partial charge in [-0.15, -0.1) is 11.3 Å². The van der Waals surface area contributed by atoms with Gasteiger partial charge in [0, 0.05) is 43.9 Å². The summed E-state index contributed by atoms with van der Waals surface area (Å²) >= 11 is 1.46. The molecule has 2 aliphatic heterocycles. The average Bonchev–Trinajstić information content (AvgIpc) is 3.50. The number of rotatable bonds is 6. The molecule has 1 aromatic carbocycles. The number of carbonyl (C=O) groups is 2. The van der Waals surface area contributed by atoms with Gasteiger partial charge in [-0.3, -0.25) is 14.5 Å². The lowest BCUT2D eigenvalue weighted by molar-refractivity contribution is -0.134. The first-order valence-corrected chi connectivity index (χ1v) is 11.5. The molecule has 1 aromatic heterocycles. The second kappa shape index (κ2) is 9.70. The number of benzene rings is 1. The van der Waals surface area contributed by atoms with E-state index in [2.05, 4.69) is 4.90 Å². The first-order valence-electron chi connectivity index (χ1n) is 10.7. The first kappa shape index (κ1) is 21.6. The summed E-state index contributed by atoms with van der Waals surface area (Å²) in [6, 6.07) is 9.79. The monoisotopic (exact) mass is 443 g/mol. The molecule has 0 aliphatic carbocycles. The van der Waals surface area contributed by atoms with Crippen molar-refractivity contribution in [2.45, 2.75) is 18.9 Å². The van der Waals surface area contributed by atoms with Crippen LogP contribution >= 0.6 is 11.3 Å². The lowest BCUT2D eigenvalue weighted by Crippen LogP contribution is -2.52. The van der Waals surface area contributed by atoms with E-state index < -0.39 is 0 Å². The van der Waals surface area contributed by atoms with Crippen LogP contribution in [0.25, 0.3) is 0 Å². The van der Waals surface area contributed by atoms with Crippen LogP contribution in [0.3, 0.4) is 0 Å². The van der Waals surface area contributed by atoms with E-state index in [1.54, 1.807) is 14.2 Å². The molecule has 3 heterocycles. The van der Waals surface area contributed by atoms with Crippen LogP contribution in [0.4, 0.5) is 0 Å². The van der Waals surface area contributed by atoms with E-state index in [0.29, 0.717) is 32.7 Å². The number of methoxy groups -OCH3 is 2. The third-order valence-electron chi connectivity index (χ3n) is 6.15. The summed E-state index contributed by atoms with van der Waals surface area (Å²) < 4.78 is 10.9. The Hall–Kier alpha value is -2.58. The SMILES string of the molecule is COc1ccc([C@H]2CCCN2CC(=O)N2CCN(C(=O)c3cccs3)CC2)c(OC)c1. The predicted octanol–water partition coefficient (Wildman–Crippen LogP) is 2.89. The Kier molecular flexibility index (Phi) is 6.77. The second-order valence-electron chi connectivity index (χ2n) is 7.89. The Morgan fingerprint density at radius 3 is 2.48 bits per heavy atom. The molecule has 2 saturated heterocycles. The molecule has 1 atom stereocenters. The second-order valence-corrected chi connectivity index (χ2v) is 8.83. The number of carbonyl (C=O) groups excluding carboxylic acids is 2. The first-order chi connectivity index (χ1) is 15.1. The lowest BCUT2D eigenvalue weighted by Gasteiger charge is -2.36. The summed E-state index contributed by atoms with van der Waals surface area (Å²) in [6.07, 6.45) is 2.05. The molecule has 2 fully saturated rings. The van der Waals surface area contributed by atoms with Gasteiger partial charge in [0.25, 0.3) is 5.91 Å². The van der Waals surface area contributed by atoms with Gasteiger partial charge in [-0.25, -0.2) is 0 Å². The summed E-state index contributed by atoms with van der Waals surface area (Å²) in [5.41, 5.74) is 1.10. The number of ether oxygens (including phenoxy) is 2. The van der Waals surface area contributed by atoms with Gasteiger partial charge in [-0.2, -0.15) is 0 Å². The molecule has 2 aliphatic rings. The van der Waals surface area contributed by atoms with Gasteiger partial charge < -0.3 is 19.3 Å². The van der Waals surface area contributed by atoms with Crippen LogP contribution in [0.2, 0.25) is 0 Å². The topological polar surface area (TPSA) is 62.3 Å². The third kappa shape index (κ3) is 4.70. The quantitative estimate of drug-likeness (QED) is 0.687. The van der Waals surface area contributed by atoms with E-state index >= 15 is 0 Å². The zero-order valence-corrected chi connectivity index (χ0v) is 18.9. The van der Waals surface area contributed by atoms with Crippen molar-refractivity contribution in [2.24, 2.45) is 0 Å². The maximum atomic E-state index is 13.0. The Labute approximate surface area is 187 Å². The molecular formula is C23H29N3O4S. The molecule has 0 N–H and O–H groups in total.